The Balaban J connectivity index is 2.54. The Morgan fingerprint density at radius 1 is 0.810 bits per heavy atom. The van der Waals surface area contributed by atoms with Crippen LogP contribution in [0.2, 0.25) is 0 Å². The highest BCUT2D eigenvalue weighted by atomic mass is 19.2. The molecule has 7 heteroatoms. The SMILES string of the molecule is CC(C)(C)CCNCCOc1c(F)c(F)c(F)c(F)c1F. The molecule has 0 aliphatic heterocycles. The van der Waals surface area contributed by atoms with Crippen LogP contribution in [0.4, 0.5) is 22.0 Å². The number of rotatable bonds is 6. The van der Waals surface area contributed by atoms with Crippen LogP contribution >= 0.6 is 0 Å². The highest BCUT2D eigenvalue weighted by molar-refractivity contribution is 5.29. The molecule has 0 radical (unpaired) electrons. The van der Waals surface area contributed by atoms with E-state index in [2.05, 4.69) is 30.8 Å². The fourth-order valence-corrected chi connectivity index (χ4v) is 1.53. The van der Waals surface area contributed by atoms with E-state index >= 15 is 0 Å². The summed E-state index contributed by atoms with van der Waals surface area (Å²) in [6.07, 6.45) is 0.871. The Bertz CT molecular complexity index is 470. The van der Waals surface area contributed by atoms with Crippen molar-refractivity contribution in [2.24, 2.45) is 5.41 Å². The lowest BCUT2D eigenvalue weighted by atomic mass is 9.92. The molecule has 0 atom stereocenters. The van der Waals surface area contributed by atoms with Gasteiger partial charge in [-0.25, -0.2) is 13.2 Å². The Morgan fingerprint density at radius 2 is 1.29 bits per heavy atom. The van der Waals surface area contributed by atoms with Crippen molar-refractivity contribution in [2.45, 2.75) is 27.2 Å². The Kier molecular flexibility index (Phi) is 5.95. The highest BCUT2D eigenvalue weighted by Gasteiger charge is 2.26. The van der Waals surface area contributed by atoms with Crippen molar-refractivity contribution >= 4 is 0 Å². The van der Waals surface area contributed by atoms with Crippen LogP contribution in [0.15, 0.2) is 0 Å². The molecular formula is C14H18F5NO. The largest absolute Gasteiger partial charge is 0.486 e. The molecule has 120 valence electrons. The second kappa shape index (κ2) is 7.06. The number of hydrogen-bond donors (Lipinski definition) is 1. The molecule has 1 rings (SSSR count). The van der Waals surface area contributed by atoms with E-state index in [1.54, 1.807) is 0 Å². The van der Waals surface area contributed by atoms with E-state index < -0.39 is 34.8 Å². The molecule has 0 unspecified atom stereocenters. The van der Waals surface area contributed by atoms with Crippen LogP contribution in [0.3, 0.4) is 0 Å². The molecule has 2 nitrogen and oxygen atoms in total. The van der Waals surface area contributed by atoms with Gasteiger partial charge in [0, 0.05) is 6.54 Å². The summed E-state index contributed by atoms with van der Waals surface area (Å²) in [6, 6.07) is 0. The van der Waals surface area contributed by atoms with Gasteiger partial charge < -0.3 is 10.1 Å². The van der Waals surface area contributed by atoms with Crippen LogP contribution in [0.25, 0.3) is 0 Å². The van der Waals surface area contributed by atoms with Gasteiger partial charge in [-0.05, 0) is 18.4 Å². The lowest BCUT2D eigenvalue weighted by Gasteiger charge is -2.18. The summed E-state index contributed by atoms with van der Waals surface area (Å²) in [5.41, 5.74) is 0.134. The Morgan fingerprint density at radius 3 is 1.76 bits per heavy atom. The zero-order chi connectivity index (χ0) is 16.2. The summed E-state index contributed by atoms with van der Waals surface area (Å²) in [7, 11) is 0. The molecule has 1 aromatic carbocycles. The standard InChI is InChI=1S/C14H18F5NO/c1-14(2,3)4-5-20-6-7-21-13-11(18)9(16)8(15)10(17)12(13)19/h20H,4-7H2,1-3H3. The number of ether oxygens (including phenoxy) is 1. The number of halogens is 5. The van der Waals surface area contributed by atoms with Gasteiger partial charge in [0.25, 0.3) is 0 Å². The van der Waals surface area contributed by atoms with E-state index in [9.17, 15) is 22.0 Å². The van der Waals surface area contributed by atoms with Crippen molar-refractivity contribution < 1.29 is 26.7 Å². The first-order valence-corrected chi connectivity index (χ1v) is 6.50. The minimum absolute atomic E-state index is 0.134. The number of hydrogen-bond acceptors (Lipinski definition) is 2. The fraction of sp³-hybridized carbons (Fsp3) is 0.571. The number of nitrogens with one attached hydrogen (secondary N) is 1. The maximum atomic E-state index is 13.3. The number of benzene rings is 1. The molecule has 21 heavy (non-hydrogen) atoms. The lowest BCUT2D eigenvalue weighted by Crippen LogP contribution is -2.25. The Hall–Kier alpha value is -1.37. The first kappa shape index (κ1) is 17.7. The molecule has 0 heterocycles. The molecule has 0 aliphatic carbocycles. The third-order valence-corrected chi connectivity index (χ3v) is 2.75. The van der Waals surface area contributed by atoms with Crippen molar-refractivity contribution in [2.75, 3.05) is 19.7 Å². The van der Waals surface area contributed by atoms with E-state index in [0.29, 0.717) is 6.54 Å². The molecule has 0 aliphatic rings. The van der Waals surface area contributed by atoms with Crippen LogP contribution < -0.4 is 10.1 Å². The van der Waals surface area contributed by atoms with Crippen molar-refractivity contribution in [3.63, 3.8) is 0 Å². The van der Waals surface area contributed by atoms with Crippen molar-refractivity contribution in [1.29, 1.82) is 0 Å². The van der Waals surface area contributed by atoms with Crippen LogP contribution in [0, 0.1) is 34.5 Å². The van der Waals surface area contributed by atoms with Gasteiger partial charge in [0.2, 0.25) is 29.1 Å². The smallest absolute Gasteiger partial charge is 0.206 e. The first-order chi connectivity index (χ1) is 9.65. The van der Waals surface area contributed by atoms with Gasteiger partial charge in [-0.3, -0.25) is 0 Å². The third kappa shape index (κ3) is 4.84. The van der Waals surface area contributed by atoms with E-state index in [1.165, 1.54) is 0 Å². The average molecular weight is 311 g/mol. The highest BCUT2D eigenvalue weighted by Crippen LogP contribution is 2.28. The third-order valence-electron chi connectivity index (χ3n) is 2.75. The van der Waals surface area contributed by atoms with Gasteiger partial charge in [0.15, 0.2) is 5.75 Å². The summed E-state index contributed by atoms with van der Waals surface area (Å²) in [6.45, 7) is 6.85. The summed E-state index contributed by atoms with van der Waals surface area (Å²) in [4.78, 5) is 0. The quantitative estimate of drug-likeness (QED) is 0.373. The molecule has 0 aromatic heterocycles. The van der Waals surface area contributed by atoms with Gasteiger partial charge in [-0.15, -0.1) is 0 Å². The minimum Gasteiger partial charge on any atom is -0.486 e. The molecule has 0 amide bonds. The van der Waals surface area contributed by atoms with Crippen molar-refractivity contribution in [1.82, 2.24) is 5.32 Å². The Labute approximate surface area is 120 Å². The predicted octanol–water partition coefficient (Wildman–Crippen LogP) is 3.79. The van der Waals surface area contributed by atoms with E-state index in [4.69, 9.17) is 0 Å². The maximum Gasteiger partial charge on any atom is 0.206 e. The van der Waals surface area contributed by atoms with Gasteiger partial charge in [-0.2, -0.15) is 8.78 Å². The van der Waals surface area contributed by atoms with Crippen LogP contribution in [0.5, 0.6) is 5.75 Å². The van der Waals surface area contributed by atoms with Gasteiger partial charge >= 0.3 is 0 Å². The molecular weight excluding hydrogens is 293 g/mol. The summed E-state index contributed by atoms with van der Waals surface area (Å²) >= 11 is 0. The summed E-state index contributed by atoms with van der Waals surface area (Å²) in [5, 5.41) is 2.96. The summed E-state index contributed by atoms with van der Waals surface area (Å²) in [5.74, 6) is -11.4. The predicted molar refractivity (Wildman–Crippen MR) is 68.7 cm³/mol. The second-order valence-electron chi connectivity index (χ2n) is 5.81. The lowest BCUT2D eigenvalue weighted by molar-refractivity contribution is 0.258. The molecule has 0 bridgehead atoms. The van der Waals surface area contributed by atoms with E-state index in [-0.39, 0.29) is 18.6 Å². The minimum atomic E-state index is -2.19. The molecule has 1 N–H and O–H groups in total. The van der Waals surface area contributed by atoms with E-state index in [1.807, 2.05) is 0 Å². The normalized spacial score (nSPS) is 11.8. The van der Waals surface area contributed by atoms with Crippen molar-refractivity contribution in [3.05, 3.63) is 29.1 Å². The molecule has 1 aromatic rings. The molecule has 0 spiro atoms. The zero-order valence-electron chi connectivity index (χ0n) is 12.1. The average Bonchev–Trinajstić information content (AvgIpc) is 2.40. The van der Waals surface area contributed by atoms with Gasteiger partial charge in [-0.1, -0.05) is 20.8 Å². The molecule has 0 saturated heterocycles. The van der Waals surface area contributed by atoms with Crippen LogP contribution in [-0.4, -0.2) is 19.7 Å². The monoisotopic (exact) mass is 311 g/mol. The topological polar surface area (TPSA) is 21.3 Å². The molecule has 0 saturated carbocycles. The first-order valence-electron chi connectivity index (χ1n) is 6.50. The maximum absolute atomic E-state index is 13.3. The van der Waals surface area contributed by atoms with E-state index in [0.717, 1.165) is 6.42 Å². The van der Waals surface area contributed by atoms with Gasteiger partial charge in [0.05, 0.1) is 0 Å². The molecule has 0 fully saturated rings. The van der Waals surface area contributed by atoms with Crippen molar-refractivity contribution in [3.8, 4) is 5.75 Å². The van der Waals surface area contributed by atoms with Crippen LogP contribution in [0.1, 0.15) is 27.2 Å². The summed E-state index contributed by atoms with van der Waals surface area (Å²) < 4.78 is 69.8. The second-order valence-corrected chi connectivity index (χ2v) is 5.81. The van der Waals surface area contributed by atoms with Crippen LogP contribution in [-0.2, 0) is 0 Å². The zero-order valence-corrected chi connectivity index (χ0v) is 12.1. The van der Waals surface area contributed by atoms with Gasteiger partial charge in [0.1, 0.15) is 6.61 Å². The fourth-order valence-electron chi connectivity index (χ4n) is 1.53.